The van der Waals surface area contributed by atoms with Crippen molar-refractivity contribution < 1.29 is 14.3 Å². The number of ether oxygens (including phenoxy) is 1. The topological polar surface area (TPSA) is 61.9 Å². The lowest BCUT2D eigenvalue weighted by atomic mass is 9.95. The maximum Gasteiger partial charge on any atom is 0.258 e. The average Bonchev–Trinajstić information content (AvgIpc) is 3.01. The van der Waals surface area contributed by atoms with Crippen molar-refractivity contribution in [1.82, 2.24) is 15.1 Å². The van der Waals surface area contributed by atoms with Gasteiger partial charge in [-0.2, -0.15) is 0 Å². The summed E-state index contributed by atoms with van der Waals surface area (Å²) in [7, 11) is 3.31. The molecule has 33 heavy (non-hydrogen) atoms. The van der Waals surface area contributed by atoms with E-state index in [2.05, 4.69) is 34.5 Å². The van der Waals surface area contributed by atoms with Gasteiger partial charge in [0.15, 0.2) is 6.61 Å². The Balaban J connectivity index is 1.31. The Morgan fingerprint density at radius 2 is 1.67 bits per heavy atom. The van der Waals surface area contributed by atoms with Gasteiger partial charge < -0.3 is 15.0 Å². The summed E-state index contributed by atoms with van der Waals surface area (Å²) in [6.07, 6.45) is 6.15. The van der Waals surface area contributed by atoms with Gasteiger partial charge >= 0.3 is 0 Å². The van der Waals surface area contributed by atoms with Crippen LogP contribution in [0.25, 0.3) is 0 Å². The van der Waals surface area contributed by atoms with Crippen LogP contribution in [0.5, 0.6) is 5.75 Å². The predicted octanol–water partition coefficient (Wildman–Crippen LogP) is 4.16. The van der Waals surface area contributed by atoms with E-state index < -0.39 is 0 Å². The quantitative estimate of drug-likeness (QED) is 0.595. The molecule has 0 aliphatic carbocycles. The first-order chi connectivity index (χ1) is 15.8. The van der Waals surface area contributed by atoms with Crippen LogP contribution in [-0.2, 0) is 11.3 Å². The average molecular weight is 488 g/mol. The third kappa shape index (κ3) is 5.69. The van der Waals surface area contributed by atoms with Crippen LogP contribution in [0.3, 0.4) is 0 Å². The zero-order valence-corrected chi connectivity index (χ0v) is 20.1. The molecule has 0 saturated carbocycles. The van der Waals surface area contributed by atoms with Gasteiger partial charge in [-0.3, -0.25) is 14.5 Å². The first kappa shape index (κ1) is 23.6. The van der Waals surface area contributed by atoms with Crippen molar-refractivity contribution >= 4 is 35.0 Å². The smallest absolute Gasteiger partial charge is 0.258 e. The van der Waals surface area contributed by atoms with Gasteiger partial charge in [0.1, 0.15) is 5.75 Å². The van der Waals surface area contributed by atoms with Gasteiger partial charge in [-0.15, -0.1) is 0 Å². The van der Waals surface area contributed by atoms with Crippen LogP contribution in [0.2, 0.25) is 10.0 Å². The highest BCUT2D eigenvalue weighted by atomic mass is 35.5. The highest BCUT2D eigenvalue weighted by Gasteiger charge is 2.37. The van der Waals surface area contributed by atoms with E-state index >= 15 is 0 Å². The van der Waals surface area contributed by atoms with Crippen molar-refractivity contribution in [2.24, 2.45) is 0 Å². The second-order valence-electron chi connectivity index (χ2n) is 8.68. The highest BCUT2D eigenvalue weighted by Crippen LogP contribution is 2.32. The molecule has 0 aromatic heterocycles. The summed E-state index contributed by atoms with van der Waals surface area (Å²) < 4.78 is 5.69. The molecule has 1 fully saturated rings. The molecule has 2 bridgehead atoms. The molecule has 2 amide bonds. The normalized spacial score (nSPS) is 21.6. The summed E-state index contributed by atoms with van der Waals surface area (Å²) in [5.74, 6) is -0.0971. The molecular weight excluding hydrogens is 461 g/mol. The number of carbonyl (C=O) groups excluding carboxylic acids is 2. The fraction of sp³-hybridized carbons (Fsp3) is 0.360. The zero-order valence-electron chi connectivity index (χ0n) is 18.6. The molecule has 0 spiro atoms. The Morgan fingerprint density at radius 1 is 1.03 bits per heavy atom. The Bertz CT molecular complexity index is 1040. The van der Waals surface area contributed by atoms with Crippen LogP contribution >= 0.6 is 23.2 Å². The summed E-state index contributed by atoms with van der Waals surface area (Å²) in [5, 5.41) is 4.27. The Hall–Kier alpha value is -2.54. The second kappa shape index (κ2) is 10.2. The number of amides is 2. The number of piperidine rings is 1. The minimum atomic E-state index is -0.233. The van der Waals surface area contributed by atoms with Gasteiger partial charge in [-0.25, -0.2) is 0 Å². The van der Waals surface area contributed by atoms with Gasteiger partial charge in [0.05, 0.1) is 5.56 Å². The summed E-state index contributed by atoms with van der Waals surface area (Å²) >= 11 is 12.0. The van der Waals surface area contributed by atoms with Crippen molar-refractivity contribution in [3.05, 3.63) is 75.8 Å². The van der Waals surface area contributed by atoms with E-state index in [1.165, 1.54) is 10.5 Å². The monoisotopic (exact) mass is 487 g/mol. The van der Waals surface area contributed by atoms with Gasteiger partial charge in [0.25, 0.3) is 11.8 Å². The third-order valence-electron chi connectivity index (χ3n) is 6.04. The molecule has 0 radical (unpaired) electrons. The number of benzene rings is 2. The fourth-order valence-corrected chi connectivity index (χ4v) is 4.73. The molecule has 174 valence electrons. The number of rotatable bonds is 7. The standard InChI is InChI=1S/C25H27Cl2N3O3/c1-29(2)25(32)22-11-18(27)7-10-23(22)33-15-24(31)28-19-12-20-8-9-21(13-19)30(20)14-16-3-5-17(26)6-4-16/h3-11,19-21H,12-15H2,1-2H3,(H,28,31)/t19?,20-,21+. The molecule has 1 N–H and O–H groups in total. The Labute approximate surface area is 204 Å². The molecule has 4 rings (SSSR count). The lowest BCUT2D eigenvalue weighted by Gasteiger charge is -2.39. The van der Waals surface area contributed by atoms with Crippen molar-refractivity contribution in [2.75, 3.05) is 20.7 Å². The second-order valence-corrected chi connectivity index (χ2v) is 9.56. The SMILES string of the molecule is CN(C)C(=O)c1cc(Cl)ccc1OCC(=O)NC1C[C@H]2C=C[C@@H](C1)N2Cc1ccc(Cl)cc1. The van der Waals surface area contributed by atoms with Gasteiger partial charge in [-0.1, -0.05) is 47.5 Å². The molecule has 2 aromatic rings. The first-order valence-corrected chi connectivity index (χ1v) is 11.7. The number of hydrogen-bond acceptors (Lipinski definition) is 4. The molecule has 2 aliphatic rings. The largest absolute Gasteiger partial charge is 0.483 e. The first-order valence-electron chi connectivity index (χ1n) is 10.9. The van der Waals surface area contributed by atoms with Gasteiger partial charge in [0.2, 0.25) is 0 Å². The minimum Gasteiger partial charge on any atom is -0.483 e. The van der Waals surface area contributed by atoms with Gasteiger partial charge in [-0.05, 0) is 48.7 Å². The molecule has 8 heteroatoms. The van der Waals surface area contributed by atoms with E-state index in [0.717, 1.165) is 24.4 Å². The van der Waals surface area contributed by atoms with Crippen molar-refractivity contribution in [3.63, 3.8) is 0 Å². The van der Waals surface area contributed by atoms with Crippen LogP contribution in [0.1, 0.15) is 28.8 Å². The van der Waals surface area contributed by atoms with Crippen molar-refractivity contribution in [3.8, 4) is 5.75 Å². The maximum atomic E-state index is 12.6. The Morgan fingerprint density at radius 3 is 2.30 bits per heavy atom. The maximum absolute atomic E-state index is 12.6. The third-order valence-corrected chi connectivity index (χ3v) is 6.53. The predicted molar refractivity (Wildman–Crippen MR) is 130 cm³/mol. The van der Waals surface area contributed by atoms with Crippen LogP contribution in [0.4, 0.5) is 0 Å². The lowest BCUT2D eigenvalue weighted by molar-refractivity contribution is -0.124. The number of halogens is 2. The molecule has 2 heterocycles. The summed E-state index contributed by atoms with van der Waals surface area (Å²) in [5.41, 5.74) is 1.55. The molecule has 1 saturated heterocycles. The van der Waals surface area contributed by atoms with Crippen LogP contribution in [0, 0.1) is 0 Å². The molecule has 6 nitrogen and oxygen atoms in total. The van der Waals surface area contributed by atoms with Gasteiger partial charge in [0, 0.05) is 48.8 Å². The summed E-state index contributed by atoms with van der Waals surface area (Å²) in [6, 6.07) is 13.4. The van der Waals surface area contributed by atoms with E-state index in [9.17, 15) is 9.59 Å². The highest BCUT2D eigenvalue weighted by molar-refractivity contribution is 6.31. The van der Waals surface area contributed by atoms with Crippen LogP contribution in [-0.4, -0.2) is 60.4 Å². The Kier molecular flexibility index (Phi) is 7.27. The molecule has 3 atom stereocenters. The minimum absolute atomic E-state index is 0.0701. The fourth-order valence-electron chi connectivity index (χ4n) is 4.43. The van der Waals surface area contributed by atoms with E-state index in [4.69, 9.17) is 27.9 Å². The number of carbonyl (C=O) groups is 2. The summed E-state index contributed by atoms with van der Waals surface area (Å²) in [4.78, 5) is 28.9. The van der Waals surface area contributed by atoms with E-state index in [1.54, 1.807) is 32.3 Å². The molecule has 1 unspecified atom stereocenters. The van der Waals surface area contributed by atoms with Crippen molar-refractivity contribution in [1.29, 1.82) is 0 Å². The molecular formula is C25H27Cl2N3O3. The number of nitrogens with one attached hydrogen (secondary N) is 1. The molecule has 2 aliphatic heterocycles. The van der Waals surface area contributed by atoms with E-state index in [0.29, 0.717) is 16.3 Å². The van der Waals surface area contributed by atoms with E-state index in [-0.39, 0.29) is 36.5 Å². The lowest BCUT2D eigenvalue weighted by Crippen LogP contribution is -2.51. The molecule has 2 aromatic carbocycles. The summed E-state index contributed by atoms with van der Waals surface area (Å²) in [6.45, 7) is 0.686. The number of hydrogen-bond donors (Lipinski definition) is 1. The van der Waals surface area contributed by atoms with Crippen molar-refractivity contribution in [2.45, 2.75) is 37.5 Å². The zero-order chi connectivity index (χ0) is 23.5. The van der Waals surface area contributed by atoms with E-state index in [1.807, 2.05) is 12.1 Å². The number of fused-ring (bicyclic) bond motifs is 2. The number of nitrogens with zero attached hydrogens (tertiary/aromatic N) is 2. The van der Waals surface area contributed by atoms with Crippen LogP contribution < -0.4 is 10.1 Å². The van der Waals surface area contributed by atoms with Crippen LogP contribution in [0.15, 0.2) is 54.6 Å².